The molecule has 92 valence electrons. The molecule has 0 aliphatic heterocycles. The quantitative estimate of drug-likeness (QED) is 0.706. The van der Waals surface area contributed by atoms with Crippen molar-refractivity contribution in [1.82, 2.24) is 0 Å². The van der Waals surface area contributed by atoms with Gasteiger partial charge in [0.25, 0.3) is 0 Å². The Hall–Kier alpha value is 0.532. The van der Waals surface area contributed by atoms with Crippen molar-refractivity contribution in [1.29, 1.82) is 0 Å². The van der Waals surface area contributed by atoms with Crippen molar-refractivity contribution in [3.05, 3.63) is 63.2 Å². The Balaban J connectivity index is 0.000000284. The van der Waals surface area contributed by atoms with Crippen molar-refractivity contribution < 1.29 is 17.4 Å². The molecule has 2 saturated carbocycles. The van der Waals surface area contributed by atoms with Gasteiger partial charge in [0, 0.05) is 17.4 Å². The first kappa shape index (κ1) is 17.5. The summed E-state index contributed by atoms with van der Waals surface area (Å²) >= 11 is 0. The standard InChI is InChI=1S/2C8H11.Cr/c2*1-7(2)8-5-3-4-6-8;/h2*3-7H,1-2H3;. The molecule has 0 heterocycles. The molecule has 0 atom stereocenters. The third-order valence-corrected chi connectivity index (χ3v) is 2.71. The van der Waals surface area contributed by atoms with Crippen LogP contribution in [0.15, 0.2) is 0 Å². The molecule has 0 aromatic heterocycles. The molecule has 17 heavy (non-hydrogen) atoms. The molecule has 2 rings (SSSR count). The molecular formula is C16H22Cr. The van der Waals surface area contributed by atoms with Crippen LogP contribution in [0.2, 0.25) is 0 Å². The molecule has 0 N–H and O–H groups in total. The van der Waals surface area contributed by atoms with Gasteiger partial charge < -0.3 is 0 Å². The second-order valence-electron chi connectivity index (χ2n) is 4.75. The van der Waals surface area contributed by atoms with Crippen molar-refractivity contribution in [2.45, 2.75) is 27.7 Å². The molecule has 0 nitrogen and oxygen atoms in total. The van der Waals surface area contributed by atoms with Gasteiger partial charge in [-0.3, -0.25) is 0 Å². The van der Waals surface area contributed by atoms with E-state index >= 15 is 0 Å². The first-order valence-electron chi connectivity index (χ1n) is 6.04. The summed E-state index contributed by atoms with van der Waals surface area (Å²) in [4.78, 5) is 0. The zero-order valence-corrected chi connectivity index (χ0v) is 12.5. The fourth-order valence-corrected chi connectivity index (χ4v) is 1.55. The Morgan fingerprint density at radius 2 is 0.824 bits per heavy atom. The molecule has 0 aromatic rings. The minimum atomic E-state index is 0. The van der Waals surface area contributed by atoms with Gasteiger partial charge in [-0.05, 0) is 75.0 Å². The van der Waals surface area contributed by atoms with Crippen LogP contribution in [-0.2, 0) is 17.4 Å². The summed E-state index contributed by atoms with van der Waals surface area (Å²) in [5.41, 5.74) is 0. The summed E-state index contributed by atoms with van der Waals surface area (Å²) in [7, 11) is 0. The SMILES string of the molecule is CC(C)[C]1[CH][CH][CH][CH]1.CC(C)[C]1[CH][CH][CH][CH]1.[Cr]. The van der Waals surface area contributed by atoms with Crippen LogP contribution in [0.5, 0.6) is 0 Å². The molecule has 1 heteroatoms. The molecule has 10 radical (unpaired) electrons. The number of rotatable bonds is 2. The maximum Gasteiger partial charge on any atom is 0 e. The zero-order valence-electron chi connectivity index (χ0n) is 11.2. The van der Waals surface area contributed by atoms with Crippen LogP contribution < -0.4 is 0 Å². The van der Waals surface area contributed by atoms with Crippen LogP contribution in [0, 0.1) is 75.0 Å². The van der Waals surface area contributed by atoms with Gasteiger partial charge >= 0.3 is 0 Å². The van der Waals surface area contributed by atoms with Crippen molar-refractivity contribution in [2.24, 2.45) is 11.8 Å². The van der Waals surface area contributed by atoms with Crippen molar-refractivity contribution >= 4 is 0 Å². The minimum Gasteiger partial charge on any atom is -0.0622 e. The van der Waals surface area contributed by atoms with E-state index < -0.39 is 0 Å². The second-order valence-corrected chi connectivity index (χ2v) is 4.75. The van der Waals surface area contributed by atoms with Gasteiger partial charge in [-0.25, -0.2) is 0 Å². The van der Waals surface area contributed by atoms with Gasteiger partial charge in [-0.15, -0.1) is 0 Å². The number of hydrogen-bond donors (Lipinski definition) is 0. The van der Waals surface area contributed by atoms with E-state index in [1.54, 1.807) is 0 Å². The zero-order chi connectivity index (χ0) is 12.0. The third kappa shape index (κ3) is 6.88. The van der Waals surface area contributed by atoms with Crippen LogP contribution in [0.3, 0.4) is 0 Å². The molecule has 0 unspecified atom stereocenters. The average molecular weight is 266 g/mol. The van der Waals surface area contributed by atoms with Crippen LogP contribution in [0.1, 0.15) is 27.7 Å². The van der Waals surface area contributed by atoms with Crippen LogP contribution in [0.25, 0.3) is 0 Å². The fraction of sp³-hybridized carbons (Fsp3) is 0.375. The minimum absolute atomic E-state index is 0. The smallest absolute Gasteiger partial charge is 0 e. The first-order chi connectivity index (χ1) is 7.61. The summed E-state index contributed by atoms with van der Waals surface area (Å²) in [5.74, 6) is 4.24. The Morgan fingerprint density at radius 1 is 0.588 bits per heavy atom. The molecule has 0 spiro atoms. The summed E-state index contributed by atoms with van der Waals surface area (Å²) in [6.45, 7) is 8.81. The Bertz CT molecular complexity index is 142. The molecule has 0 saturated heterocycles. The van der Waals surface area contributed by atoms with E-state index in [0.29, 0.717) is 11.8 Å². The van der Waals surface area contributed by atoms with Crippen molar-refractivity contribution in [2.75, 3.05) is 0 Å². The van der Waals surface area contributed by atoms with E-state index in [0.717, 1.165) is 0 Å². The summed E-state index contributed by atoms with van der Waals surface area (Å²) in [5, 5.41) is 0. The Morgan fingerprint density at radius 3 is 0.941 bits per heavy atom. The molecule has 2 aliphatic rings. The van der Waals surface area contributed by atoms with Crippen LogP contribution >= 0.6 is 0 Å². The van der Waals surface area contributed by atoms with Crippen molar-refractivity contribution in [3.8, 4) is 0 Å². The van der Waals surface area contributed by atoms with Gasteiger partial charge in [-0.2, -0.15) is 0 Å². The van der Waals surface area contributed by atoms with E-state index in [1.807, 2.05) is 0 Å². The predicted octanol–water partition coefficient (Wildman–Crippen LogP) is 4.09. The summed E-state index contributed by atoms with van der Waals surface area (Å²) in [6, 6.07) is 0. The van der Waals surface area contributed by atoms with E-state index in [4.69, 9.17) is 0 Å². The third-order valence-electron chi connectivity index (χ3n) is 2.71. The van der Waals surface area contributed by atoms with Crippen LogP contribution in [-0.4, -0.2) is 0 Å². The maximum absolute atomic E-state index is 2.20. The van der Waals surface area contributed by atoms with Gasteiger partial charge in [-0.1, -0.05) is 27.7 Å². The first-order valence-corrected chi connectivity index (χ1v) is 6.04. The topological polar surface area (TPSA) is 0 Å². The van der Waals surface area contributed by atoms with Crippen molar-refractivity contribution in [3.63, 3.8) is 0 Å². The average Bonchev–Trinajstić information content (AvgIpc) is 2.93. The predicted molar refractivity (Wildman–Crippen MR) is 70.6 cm³/mol. The van der Waals surface area contributed by atoms with E-state index in [1.165, 1.54) is 11.8 Å². The second kappa shape index (κ2) is 9.46. The van der Waals surface area contributed by atoms with E-state index in [-0.39, 0.29) is 17.4 Å². The molecule has 0 amide bonds. The van der Waals surface area contributed by atoms with E-state index in [9.17, 15) is 0 Å². The molecular weight excluding hydrogens is 244 g/mol. The van der Waals surface area contributed by atoms with Gasteiger partial charge in [0.05, 0.1) is 0 Å². The van der Waals surface area contributed by atoms with Crippen LogP contribution in [0.4, 0.5) is 0 Å². The summed E-state index contributed by atoms with van der Waals surface area (Å²) < 4.78 is 0. The summed E-state index contributed by atoms with van der Waals surface area (Å²) in [6.07, 6.45) is 16.9. The molecule has 0 aromatic carbocycles. The number of hydrogen-bond acceptors (Lipinski definition) is 0. The monoisotopic (exact) mass is 266 g/mol. The normalized spacial score (nSPS) is 21.5. The maximum atomic E-state index is 2.20. The van der Waals surface area contributed by atoms with Gasteiger partial charge in [0.15, 0.2) is 0 Å². The van der Waals surface area contributed by atoms with E-state index in [2.05, 4.69) is 79.1 Å². The van der Waals surface area contributed by atoms with Gasteiger partial charge in [0.1, 0.15) is 0 Å². The largest absolute Gasteiger partial charge is 0.0622 e. The fourth-order valence-electron chi connectivity index (χ4n) is 1.55. The molecule has 2 aliphatic carbocycles. The Labute approximate surface area is 120 Å². The molecule has 2 fully saturated rings. The Kier molecular flexibility index (Phi) is 9.76. The molecule has 0 bridgehead atoms. The van der Waals surface area contributed by atoms with Gasteiger partial charge in [0.2, 0.25) is 0 Å².